The maximum atomic E-state index is 16.1. The van der Waals surface area contributed by atoms with Gasteiger partial charge in [-0.05, 0) is 123 Å². The van der Waals surface area contributed by atoms with Crippen LogP contribution in [0.4, 0.5) is 0 Å². The average Bonchev–Trinajstić information content (AvgIpc) is 0.719. The molecule has 7 aliphatic heterocycles. The zero-order valence-corrected chi connectivity index (χ0v) is 74.0. The van der Waals surface area contributed by atoms with Gasteiger partial charge < -0.3 is 188 Å². The van der Waals surface area contributed by atoms with Crippen LogP contribution in [0.25, 0.3) is 0 Å². The van der Waals surface area contributed by atoms with Gasteiger partial charge in [-0.25, -0.2) is 4.79 Å². The highest BCUT2D eigenvalue weighted by molar-refractivity contribution is 5.80. The maximum absolute atomic E-state index is 16.1. The summed E-state index contributed by atoms with van der Waals surface area (Å²) < 4.78 is 96.4. The molecule has 48 atom stereocenters. The van der Waals surface area contributed by atoms with Crippen LogP contribution < -0.4 is 0 Å². The largest absolute Gasteiger partial charge is 0.479 e. The lowest BCUT2D eigenvalue weighted by atomic mass is 9.36. The predicted octanol–water partition coefficient (Wildman–Crippen LogP) is -4.54. The highest BCUT2D eigenvalue weighted by atomic mass is 16.8. The SMILES string of the molecule is CC[C@H](C)[C@H](C[C@H](O)CC(=O)O[C@@H]1C(C)O[C@@H](OC(=O)[C@]23CCC(C)(C)CC2C2=CCC4[C@@]5(C)CC[C@H](O[C@@H]6OC(C(=O)O)[C@H](O)[C@H](O[C@@H]7OC[C@@H](O)[C@H](O)C7O)C6O[C@@H]6OC(CO)[C@H](O)[C@H](O)C6O)[C@@](C)(C=O)C5CC[C@@]4(C)[C@@H]2C[C@H]3O)[C@H](O[C@@H]2OC(C)[C@H](OC3OCC(O)[C@H](O)[C@@H]3O)[C@H](O)C2O)C1O)OC(=O)C[C@@H](O)C[C@H](O[C@@H]1O[C@@H](CO)C(O)C1O)[C@@H](C)CC. The fraction of sp³-hybridized carbons (Fsp3) is 0.919. The third kappa shape index (κ3) is 20.4. The summed E-state index contributed by atoms with van der Waals surface area (Å²) in [5, 5.41) is 232. The number of aliphatic carboxylic acids is 1. The molecule has 21 N–H and O–H groups in total. The first-order chi connectivity index (χ1) is 60.2. The van der Waals surface area contributed by atoms with E-state index in [0.29, 0.717) is 51.4 Å². The first kappa shape index (κ1) is 103. The number of carbonyl (C=O) groups excluding carboxylic acids is 4. The van der Waals surface area contributed by atoms with Crippen LogP contribution in [0.2, 0.25) is 0 Å². The van der Waals surface area contributed by atoms with Gasteiger partial charge in [0.2, 0.25) is 6.29 Å². The topological polar surface area (TPSA) is 658 Å². The molecule has 0 amide bonds. The summed E-state index contributed by atoms with van der Waals surface area (Å²) in [4.78, 5) is 71.5. The number of carboxylic acids is 1. The normalized spacial score (nSPS) is 48.1. The Morgan fingerprint density at radius 1 is 0.500 bits per heavy atom. The van der Waals surface area contributed by atoms with Gasteiger partial charge in [-0.3, -0.25) is 14.4 Å². The van der Waals surface area contributed by atoms with Gasteiger partial charge in [-0.2, -0.15) is 0 Å². The van der Waals surface area contributed by atoms with Crippen LogP contribution in [0.15, 0.2) is 11.6 Å². The van der Waals surface area contributed by atoms with Crippen molar-refractivity contribution < 1.29 is 207 Å². The van der Waals surface area contributed by atoms with Gasteiger partial charge in [-0.15, -0.1) is 0 Å². The van der Waals surface area contributed by atoms with Crippen LogP contribution >= 0.6 is 0 Å². The smallest absolute Gasteiger partial charge is 0.335 e. The average molecular weight is 1840 g/mol. The number of allylic oxidation sites excluding steroid dienone is 2. The van der Waals surface area contributed by atoms with Gasteiger partial charge in [-0.1, -0.05) is 86.8 Å². The van der Waals surface area contributed by atoms with Crippen molar-refractivity contribution in [2.45, 2.75) is 406 Å². The number of esters is 3. The zero-order chi connectivity index (χ0) is 94.0. The van der Waals surface area contributed by atoms with Gasteiger partial charge in [0.05, 0.1) is 87.4 Å². The first-order valence-electron chi connectivity index (χ1n) is 45.1. The number of ether oxygens (including phenoxy) is 16. The van der Waals surface area contributed by atoms with E-state index in [1.165, 1.54) is 13.8 Å². The van der Waals surface area contributed by atoms with Crippen molar-refractivity contribution >= 4 is 30.2 Å². The molecule has 12 aliphatic rings. The van der Waals surface area contributed by atoms with E-state index in [1.54, 1.807) is 20.8 Å². The number of aliphatic hydroxyl groups excluding tert-OH is 20. The van der Waals surface area contributed by atoms with Gasteiger partial charge in [0, 0.05) is 12.8 Å². The monoisotopic (exact) mass is 1840 g/mol. The Morgan fingerprint density at radius 3 is 1.62 bits per heavy atom. The third-order valence-corrected chi connectivity index (χ3v) is 30.7. The number of fused-ring (bicyclic) bond motifs is 7. The number of hydrogen-bond acceptors (Lipinski definition) is 41. The molecule has 7 heterocycles. The van der Waals surface area contributed by atoms with E-state index in [4.69, 9.17) is 75.8 Å². The Balaban J connectivity index is 0.777. The minimum absolute atomic E-state index is 0.00123. The molecule has 734 valence electrons. The summed E-state index contributed by atoms with van der Waals surface area (Å²) >= 11 is 0. The minimum atomic E-state index is -2.25. The number of carboxylic acid groups (broad SMARTS) is 1. The number of rotatable bonds is 32. The van der Waals surface area contributed by atoms with Crippen molar-refractivity contribution in [3.05, 3.63) is 11.6 Å². The first-order valence-corrected chi connectivity index (χ1v) is 45.1. The van der Waals surface area contributed by atoms with Crippen LogP contribution in [-0.4, -0.2) is 397 Å². The summed E-state index contributed by atoms with van der Waals surface area (Å²) in [6, 6.07) is 0. The highest BCUT2D eigenvalue weighted by Gasteiger charge is 2.71. The Kier molecular flexibility index (Phi) is 33.4. The van der Waals surface area contributed by atoms with Crippen molar-refractivity contribution in [2.75, 3.05) is 26.4 Å². The van der Waals surface area contributed by atoms with E-state index in [2.05, 4.69) is 19.9 Å². The van der Waals surface area contributed by atoms with E-state index >= 15 is 4.79 Å². The molecular weight excluding hydrogens is 1700 g/mol. The molecule has 42 nitrogen and oxygen atoms in total. The number of carbonyl (C=O) groups is 5. The fourth-order valence-corrected chi connectivity index (χ4v) is 22.5. The molecular formula is C86H138O42. The van der Waals surface area contributed by atoms with Gasteiger partial charge in [0.25, 0.3) is 0 Å². The standard InChI is InChI=1S/C86H138O42/c1-12-33(3)44(117-52(95)24-38(91)23-45(34(4)13-2)118-77-62(105)57(100)47(29-88)119-77)22-37(90)25-53(96)122-68-36(6)116-79(71(65(68)108)126-76-64(107)59(102)67(35(5)115-76)123-74-60(103)54(97)42(92)30-113-74)128-81(112)86-21-20-82(7,8)27-41(86)39-14-15-48-83(9,40(39)26-50(86)94)18-16-49-84(48,10)19-17-51(85(49,11)32-89)121-80-72(127-78-63(106)58(101)56(99)46(28-87)120-78)69(66(109)70(125-80)73(110)111)124-75-61(104)55(98)43(93)31-114-75/h14,32-38,40-51,54-72,74-80,87-88,90-94,97-109H,12-13,15-31H2,1-11H3,(H,110,111)/t33-,34-,35?,36?,37-,38-,40+,41?,42?,43+,44-,45-,46?,47-,48?,49?,50+,51-,54-,55-,56-,57?,58-,59+,60-,61?,62?,63?,64?,65?,66+,67-,68+,69-,70?,71+,72?,74?,75-,76-,77+,78-,79-,80+,83-,84+,85-,86+/m0/s1. The lowest BCUT2D eigenvalue weighted by molar-refractivity contribution is -0.391. The van der Waals surface area contributed by atoms with E-state index in [-0.39, 0.29) is 43.9 Å². The van der Waals surface area contributed by atoms with E-state index < -0.39 is 347 Å². The summed E-state index contributed by atoms with van der Waals surface area (Å²) in [7, 11) is 0. The molecule has 0 aromatic carbocycles. The van der Waals surface area contributed by atoms with Crippen LogP contribution in [-0.2, 0) is 99.8 Å². The second-order valence-electron chi connectivity index (χ2n) is 39.5. The predicted molar refractivity (Wildman–Crippen MR) is 427 cm³/mol. The summed E-state index contributed by atoms with van der Waals surface area (Å²) in [6.07, 6.45) is -61.0. The van der Waals surface area contributed by atoms with Crippen molar-refractivity contribution in [2.24, 2.45) is 62.6 Å². The third-order valence-electron chi connectivity index (χ3n) is 30.7. The van der Waals surface area contributed by atoms with Crippen molar-refractivity contribution in [1.29, 1.82) is 0 Å². The molecule has 128 heavy (non-hydrogen) atoms. The summed E-state index contributed by atoms with van der Waals surface area (Å²) in [5.41, 5.74) is -4.26. The Morgan fingerprint density at radius 2 is 1.02 bits per heavy atom. The molecule has 7 saturated heterocycles. The lowest BCUT2D eigenvalue weighted by Gasteiger charge is -2.68. The fourth-order valence-electron chi connectivity index (χ4n) is 22.5. The molecule has 0 radical (unpaired) electrons. The zero-order valence-electron chi connectivity index (χ0n) is 74.0. The van der Waals surface area contributed by atoms with Crippen molar-refractivity contribution in [3.8, 4) is 0 Å². The molecule has 0 aromatic heterocycles. The number of aliphatic hydroxyl groups is 20. The Hall–Kier alpha value is -4.03. The second kappa shape index (κ2) is 41.5. The molecule has 5 aliphatic carbocycles. The molecule has 11 fully saturated rings. The molecule has 4 saturated carbocycles. The Labute approximate surface area is 740 Å². The van der Waals surface area contributed by atoms with Crippen molar-refractivity contribution in [3.63, 3.8) is 0 Å². The maximum Gasteiger partial charge on any atom is 0.335 e. The number of aldehydes is 1. The molecule has 42 heteroatoms. The second-order valence-corrected chi connectivity index (χ2v) is 39.5. The van der Waals surface area contributed by atoms with Crippen LogP contribution in [0, 0.1) is 62.6 Å². The van der Waals surface area contributed by atoms with Crippen LogP contribution in [0.3, 0.4) is 0 Å². The molecule has 12 rings (SSSR count). The van der Waals surface area contributed by atoms with Crippen LogP contribution in [0.5, 0.6) is 0 Å². The highest BCUT2D eigenvalue weighted by Crippen LogP contribution is 2.73. The van der Waals surface area contributed by atoms with Gasteiger partial charge in [0.1, 0.15) is 140 Å². The van der Waals surface area contributed by atoms with E-state index in [1.807, 2.05) is 27.7 Å². The molecule has 0 spiro atoms. The van der Waals surface area contributed by atoms with Gasteiger partial charge in [0.15, 0.2) is 56.1 Å². The molecule has 16 unspecified atom stereocenters. The summed E-state index contributed by atoms with van der Waals surface area (Å²) in [5.74, 6) is -7.38. The number of hydrogen-bond donors (Lipinski definition) is 21. The lowest BCUT2D eigenvalue weighted by Crippen LogP contribution is -2.68. The molecule has 0 aromatic rings. The van der Waals surface area contributed by atoms with E-state index in [0.717, 1.165) is 11.9 Å². The quantitative estimate of drug-likeness (QED) is 0.00992. The van der Waals surface area contributed by atoms with E-state index in [9.17, 15) is 126 Å². The van der Waals surface area contributed by atoms with Crippen LogP contribution in [0.1, 0.15) is 172 Å². The van der Waals surface area contributed by atoms with Gasteiger partial charge >= 0.3 is 23.9 Å². The molecule has 0 bridgehead atoms. The van der Waals surface area contributed by atoms with Crippen molar-refractivity contribution in [1.82, 2.24) is 0 Å². The Bertz CT molecular complexity index is 3730. The summed E-state index contributed by atoms with van der Waals surface area (Å²) in [6.45, 7) is 17.3. The minimum Gasteiger partial charge on any atom is -0.479 e.